The van der Waals surface area contributed by atoms with Crippen LogP contribution in [0.5, 0.6) is 5.75 Å². The molecule has 0 amide bonds. The van der Waals surface area contributed by atoms with Crippen LogP contribution in [0.25, 0.3) is 0 Å². The van der Waals surface area contributed by atoms with E-state index in [9.17, 15) is 5.11 Å². The van der Waals surface area contributed by atoms with Crippen molar-refractivity contribution >= 4 is 0 Å². The molecule has 1 aromatic carbocycles. The smallest absolute Gasteiger partial charge is 0.137 e. The van der Waals surface area contributed by atoms with Gasteiger partial charge in [0.1, 0.15) is 25.0 Å². The molecule has 2 atom stereocenters. The molecule has 0 aliphatic heterocycles. The zero-order valence-electron chi connectivity index (χ0n) is 14.0. The van der Waals surface area contributed by atoms with Crippen molar-refractivity contribution in [2.45, 2.75) is 39.3 Å². The largest absolute Gasteiger partial charge is 0.490 e. The second-order valence-corrected chi connectivity index (χ2v) is 6.58. The Morgan fingerprint density at radius 2 is 1.96 bits per heavy atom. The highest BCUT2D eigenvalue weighted by Crippen LogP contribution is 2.30. The topological polar surface area (TPSA) is 60.2 Å². The lowest BCUT2D eigenvalue weighted by molar-refractivity contribution is 0.0133. The summed E-state index contributed by atoms with van der Waals surface area (Å²) in [6, 6.07) is 9.55. The molecule has 0 fully saturated rings. The number of hydrogen-bond acceptors (Lipinski definition) is 4. The number of para-hydroxylation sites is 1. The summed E-state index contributed by atoms with van der Waals surface area (Å²) in [6.07, 6.45) is 7.26. The van der Waals surface area contributed by atoms with E-state index >= 15 is 0 Å². The second-order valence-electron chi connectivity index (χ2n) is 6.58. The normalized spacial score (nSPS) is 14.8. The lowest BCUT2D eigenvalue weighted by Crippen LogP contribution is -2.35. The van der Waals surface area contributed by atoms with Gasteiger partial charge in [0.05, 0.1) is 12.1 Å². The first-order valence-corrected chi connectivity index (χ1v) is 7.83. The Bertz CT molecular complexity index is 588. The molecule has 124 valence electrons. The maximum atomic E-state index is 10.6. The maximum absolute atomic E-state index is 10.6. The number of allylic oxidation sites excluding steroid dienone is 1. The van der Waals surface area contributed by atoms with Crippen LogP contribution >= 0.6 is 0 Å². The minimum atomic E-state index is -0.524. The standard InChI is InChI=1S/C18H25N3O2/c1-18(2,3)17(22)16(21-14-19-13-20-21)11-7-8-12-23-15-9-5-4-6-10-15/h4-10,13-14,16-17,22H,11-12H2,1-3H3. The third kappa shape index (κ3) is 5.21. The summed E-state index contributed by atoms with van der Waals surface area (Å²) in [7, 11) is 0. The van der Waals surface area contributed by atoms with Gasteiger partial charge in [0.2, 0.25) is 0 Å². The summed E-state index contributed by atoms with van der Waals surface area (Å²) in [4.78, 5) is 3.98. The van der Waals surface area contributed by atoms with Crippen molar-refractivity contribution in [3.63, 3.8) is 0 Å². The number of benzene rings is 1. The van der Waals surface area contributed by atoms with E-state index in [1.807, 2.05) is 63.3 Å². The van der Waals surface area contributed by atoms with Gasteiger partial charge in [0.15, 0.2) is 0 Å². The molecule has 2 unspecified atom stereocenters. The molecule has 5 nitrogen and oxygen atoms in total. The van der Waals surface area contributed by atoms with Crippen molar-refractivity contribution in [3.8, 4) is 5.75 Å². The third-order valence-electron chi connectivity index (χ3n) is 3.66. The van der Waals surface area contributed by atoms with Gasteiger partial charge in [0, 0.05) is 0 Å². The number of aliphatic hydroxyl groups excluding tert-OH is 1. The Balaban J connectivity index is 1.92. The van der Waals surface area contributed by atoms with E-state index in [0.717, 1.165) is 5.75 Å². The predicted octanol–water partition coefficient (Wildman–Crippen LogP) is 3.25. The number of ether oxygens (including phenoxy) is 1. The molecule has 0 saturated heterocycles. The number of nitrogens with zero attached hydrogens (tertiary/aromatic N) is 3. The quantitative estimate of drug-likeness (QED) is 0.797. The van der Waals surface area contributed by atoms with Gasteiger partial charge in [-0.25, -0.2) is 9.67 Å². The van der Waals surface area contributed by atoms with Crippen LogP contribution < -0.4 is 4.74 Å². The Hall–Kier alpha value is -2.14. The van der Waals surface area contributed by atoms with Crippen LogP contribution in [0.2, 0.25) is 0 Å². The Kier molecular flexibility index (Phi) is 5.93. The SMILES string of the molecule is CC(C)(C)C(O)C(CC=CCOc1ccccc1)n1cncn1. The maximum Gasteiger partial charge on any atom is 0.137 e. The third-order valence-corrected chi connectivity index (χ3v) is 3.66. The van der Waals surface area contributed by atoms with Crippen LogP contribution in [0.1, 0.15) is 33.2 Å². The van der Waals surface area contributed by atoms with Crippen molar-refractivity contribution in [2.24, 2.45) is 5.41 Å². The molecule has 2 rings (SSSR count). The summed E-state index contributed by atoms with van der Waals surface area (Å²) in [5.41, 5.74) is -0.231. The van der Waals surface area contributed by atoms with Crippen LogP contribution in [0.3, 0.4) is 0 Å². The molecule has 2 aromatic rings. The fourth-order valence-electron chi connectivity index (χ4n) is 2.31. The highest BCUT2D eigenvalue weighted by molar-refractivity contribution is 5.21. The van der Waals surface area contributed by atoms with Gasteiger partial charge < -0.3 is 9.84 Å². The van der Waals surface area contributed by atoms with E-state index in [4.69, 9.17) is 4.74 Å². The molecular weight excluding hydrogens is 290 g/mol. The van der Waals surface area contributed by atoms with E-state index in [1.54, 1.807) is 11.0 Å². The van der Waals surface area contributed by atoms with Crippen LogP contribution in [0.15, 0.2) is 55.1 Å². The van der Waals surface area contributed by atoms with Gasteiger partial charge >= 0.3 is 0 Å². The first-order chi connectivity index (χ1) is 11.0. The van der Waals surface area contributed by atoms with Crippen LogP contribution in [0, 0.1) is 5.41 Å². The number of rotatable bonds is 7. The van der Waals surface area contributed by atoms with Crippen LogP contribution in [0.4, 0.5) is 0 Å². The molecule has 5 heteroatoms. The average molecular weight is 315 g/mol. The lowest BCUT2D eigenvalue weighted by atomic mass is 9.83. The summed E-state index contributed by atoms with van der Waals surface area (Å²) in [5, 5.41) is 14.8. The van der Waals surface area contributed by atoms with E-state index in [2.05, 4.69) is 10.1 Å². The Morgan fingerprint density at radius 1 is 1.22 bits per heavy atom. The van der Waals surface area contributed by atoms with E-state index in [-0.39, 0.29) is 11.5 Å². The van der Waals surface area contributed by atoms with Crippen LogP contribution in [-0.4, -0.2) is 32.6 Å². The van der Waals surface area contributed by atoms with Crippen molar-refractivity contribution in [1.82, 2.24) is 14.8 Å². The summed E-state index contributed by atoms with van der Waals surface area (Å²) in [6.45, 7) is 6.55. The molecule has 23 heavy (non-hydrogen) atoms. The zero-order valence-corrected chi connectivity index (χ0v) is 14.0. The Labute approximate surface area is 137 Å². The monoisotopic (exact) mass is 315 g/mol. The molecule has 0 aliphatic rings. The van der Waals surface area contributed by atoms with Gasteiger partial charge in [-0.05, 0) is 24.0 Å². The van der Waals surface area contributed by atoms with Crippen molar-refractivity contribution in [2.75, 3.05) is 6.61 Å². The van der Waals surface area contributed by atoms with Gasteiger partial charge in [-0.15, -0.1) is 0 Å². The van der Waals surface area contributed by atoms with Crippen molar-refractivity contribution in [3.05, 3.63) is 55.1 Å². The molecule has 0 radical (unpaired) electrons. The number of aromatic nitrogens is 3. The Morgan fingerprint density at radius 3 is 2.57 bits per heavy atom. The van der Waals surface area contributed by atoms with Crippen LogP contribution in [-0.2, 0) is 0 Å². The van der Waals surface area contributed by atoms with Gasteiger partial charge in [-0.1, -0.05) is 51.1 Å². The number of aliphatic hydroxyl groups is 1. The fraction of sp³-hybridized carbons (Fsp3) is 0.444. The van der Waals surface area contributed by atoms with Gasteiger partial charge in [-0.3, -0.25) is 0 Å². The molecule has 1 aromatic heterocycles. The molecule has 0 saturated carbocycles. The molecule has 0 bridgehead atoms. The first-order valence-electron chi connectivity index (χ1n) is 7.83. The van der Waals surface area contributed by atoms with E-state index in [0.29, 0.717) is 13.0 Å². The lowest BCUT2D eigenvalue weighted by Gasteiger charge is -2.32. The fourth-order valence-corrected chi connectivity index (χ4v) is 2.31. The van der Waals surface area contributed by atoms with Crippen molar-refractivity contribution in [1.29, 1.82) is 0 Å². The van der Waals surface area contributed by atoms with Gasteiger partial charge in [-0.2, -0.15) is 5.10 Å². The highest BCUT2D eigenvalue weighted by atomic mass is 16.5. The van der Waals surface area contributed by atoms with Gasteiger partial charge in [0.25, 0.3) is 0 Å². The second kappa shape index (κ2) is 7.92. The molecule has 0 spiro atoms. The summed E-state index contributed by atoms with van der Waals surface area (Å²) >= 11 is 0. The molecule has 1 heterocycles. The zero-order chi connectivity index (χ0) is 16.7. The number of hydrogen-bond donors (Lipinski definition) is 1. The van der Waals surface area contributed by atoms with Crippen molar-refractivity contribution < 1.29 is 9.84 Å². The van der Waals surface area contributed by atoms with E-state index in [1.165, 1.54) is 6.33 Å². The predicted molar refractivity (Wildman–Crippen MR) is 90.2 cm³/mol. The highest BCUT2D eigenvalue weighted by Gasteiger charge is 2.31. The molecular formula is C18H25N3O2. The van der Waals surface area contributed by atoms with E-state index < -0.39 is 6.10 Å². The minimum Gasteiger partial charge on any atom is -0.490 e. The minimum absolute atomic E-state index is 0.148. The first kappa shape index (κ1) is 17.2. The average Bonchev–Trinajstić information content (AvgIpc) is 3.04. The molecule has 1 N–H and O–H groups in total. The summed E-state index contributed by atoms with van der Waals surface area (Å²) < 4.78 is 7.34. The summed E-state index contributed by atoms with van der Waals surface area (Å²) in [5.74, 6) is 0.847. The molecule has 0 aliphatic carbocycles.